The molecule has 16 heavy (non-hydrogen) atoms. The Morgan fingerprint density at radius 1 is 1.06 bits per heavy atom. The highest BCUT2D eigenvalue weighted by Crippen LogP contribution is 2.00. The fourth-order valence-corrected chi connectivity index (χ4v) is 1.28. The van der Waals surface area contributed by atoms with Crippen LogP contribution in [0.15, 0.2) is 12.2 Å². The third-order valence-corrected chi connectivity index (χ3v) is 2.24. The van der Waals surface area contributed by atoms with Crippen molar-refractivity contribution in [2.45, 2.75) is 39.5 Å². The van der Waals surface area contributed by atoms with Gasteiger partial charge in [0.15, 0.2) is 0 Å². The second kappa shape index (κ2) is 8.95. The number of carbonyl (C=O) groups excluding carboxylic acids is 1. The van der Waals surface area contributed by atoms with Gasteiger partial charge in [-0.05, 0) is 12.8 Å². The Bertz CT molecular complexity index is 241. The highest BCUT2D eigenvalue weighted by molar-refractivity contribution is 5.93. The van der Waals surface area contributed by atoms with Gasteiger partial charge in [-0.1, -0.05) is 26.7 Å². The first-order valence-electron chi connectivity index (χ1n) is 5.81. The summed E-state index contributed by atoms with van der Waals surface area (Å²) in [5, 5.41) is 8.44. The molecule has 4 heteroatoms. The molecule has 4 nitrogen and oxygen atoms in total. The first-order valence-corrected chi connectivity index (χ1v) is 5.81. The first kappa shape index (κ1) is 14.7. The van der Waals surface area contributed by atoms with Crippen LogP contribution in [-0.4, -0.2) is 35.0 Å². The molecule has 0 heterocycles. The molecular formula is C12H21NO3. The van der Waals surface area contributed by atoms with Gasteiger partial charge in [-0.15, -0.1) is 0 Å². The molecule has 0 aromatic carbocycles. The van der Waals surface area contributed by atoms with Gasteiger partial charge < -0.3 is 10.0 Å². The molecule has 0 unspecified atom stereocenters. The van der Waals surface area contributed by atoms with E-state index in [1.165, 1.54) is 0 Å². The van der Waals surface area contributed by atoms with Crippen molar-refractivity contribution in [1.29, 1.82) is 0 Å². The minimum atomic E-state index is -1.08. The number of aliphatic carboxylic acids is 1. The van der Waals surface area contributed by atoms with Crippen LogP contribution >= 0.6 is 0 Å². The van der Waals surface area contributed by atoms with E-state index < -0.39 is 5.97 Å². The molecular weight excluding hydrogens is 206 g/mol. The number of rotatable bonds is 8. The molecule has 0 bridgehead atoms. The minimum absolute atomic E-state index is 0.204. The van der Waals surface area contributed by atoms with Gasteiger partial charge in [-0.3, -0.25) is 4.79 Å². The molecule has 0 fully saturated rings. The van der Waals surface area contributed by atoms with E-state index >= 15 is 0 Å². The fourth-order valence-electron chi connectivity index (χ4n) is 1.28. The molecule has 1 amide bonds. The van der Waals surface area contributed by atoms with Gasteiger partial charge in [0.1, 0.15) is 0 Å². The van der Waals surface area contributed by atoms with Crippen molar-refractivity contribution in [3.05, 3.63) is 12.2 Å². The lowest BCUT2D eigenvalue weighted by molar-refractivity contribution is -0.132. The van der Waals surface area contributed by atoms with Gasteiger partial charge >= 0.3 is 5.97 Å². The van der Waals surface area contributed by atoms with Crippen molar-refractivity contribution < 1.29 is 14.7 Å². The summed E-state index contributed by atoms with van der Waals surface area (Å²) in [5.41, 5.74) is 0. The van der Waals surface area contributed by atoms with E-state index in [1.807, 2.05) is 0 Å². The van der Waals surface area contributed by atoms with Crippen molar-refractivity contribution in [2.24, 2.45) is 0 Å². The molecule has 0 radical (unpaired) electrons. The van der Waals surface area contributed by atoms with Crippen LogP contribution in [0.1, 0.15) is 39.5 Å². The molecule has 92 valence electrons. The second-order valence-corrected chi connectivity index (χ2v) is 3.70. The van der Waals surface area contributed by atoms with E-state index in [0.717, 1.165) is 37.8 Å². The Morgan fingerprint density at radius 3 is 1.94 bits per heavy atom. The topological polar surface area (TPSA) is 57.6 Å². The molecule has 0 saturated carbocycles. The molecule has 0 rings (SSSR count). The SMILES string of the molecule is CCCCN(CCCC)C(=O)/C=C\C(=O)O. The summed E-state index contributed by atoms with van der Waals surface area (Å²) in [6, 6.07) is 0. The standard InChI is InChI=1S/C12H21NO3/c1-3-5-9-13(10-6-4-2)11(14)7-8-12(15)16/h7-8H,3-6,9-10H2,1-2H3,(H,15,16)/b8-7-. The zero-order valence-electron chi connectivity index (χ0n) is 10.1. The van der Waals surface area contributed by atoms with Crippen LogP contribution < -0.4 is 0 Å². The third-order valence-electron chi connectivity index (χ3n) is 2.24. The largest absolute Gasteiger partial charge is 0.478 e. The Hall–Kier alpha value is -1.32. The highest BCUT2D eigenvalue weighted by atomic mass is 16.4. The van der Waals surface area contributed by atoms with Gasteiger partial charge in [-0.2, -0.15) is 0 Å². The number of carboxylic acid groups (broad SMARTS) is 1. The van der Waals surface area contributed by atoms with Gasteiger partial charge in [0.2, 0.25) is 5.91 Å². The summed E-state index contributed by atoms with van der Waals surface area (Å²) in [6.07, 6.45) is 5.99. The van der Waals surface area contributed by atoms with Crippen molar-refractivity contribution in [3.63, 3.8) is 0 Å². The summed E-state index contributed by atoms with van der Waals surface area (Å²) >= 11 is 0. The maximum absolute atomic E-state index is 11.6. The van der Waals surface area contributed by atoms with E-state index in [1.54, 1.807) is 4.90 Å². The van der Waals surface area contributed by atoms with Gasteiger partial charge in [0, 0.05) is 25.2 Å². The van der Waals surface area contributed by atoms with Crippen LogP contribution in [-0.2, 0) is 9.59 Å². The van der Waals surface area contributed by atoms with Crippen LogP contribution in [0, 0.1) is 0 Å². The predicted molar refractivity (Wildman–Crippen MR) is 63.2 cm³/mol. The maximum atomic E-state index is 11.6. The average molecular weight is 227 g/mol. The Labute approximate surface area is 96.9 Å². The van der Waals surface area contributed by atoms with Crippen LogP contribution in [0.5, 0.6) is 0 Å². The molecule has 0 aliphatic carbocycles. The van der Waals surface area contributed by atoms with Crippen molar-refractivity contribution in [3.8, 4) is 0 Å². The average Bonchev–Trinajstić information content (AvgIpc) is 2.26. The van der Waals surface area contributed by atoms with Gasteiger partial charge in [0.25, 0.3) is 0 Å². The predicted octanol–water partition coefficient (Wildman–Crippen LogP) is 2.06. The molecule has 0 aliphatic rings. The number of nitrogens with zero attached hydrogens (tertiary/aromatic N) is 1. The molecule has 0 spiro atoms. The van der Waals surface area contributed by atoms with Crippen LogP contribution in [0.2, 0.25) is 0 Å². The number of hydrogen-bond donors (Lipinski definition) is 1. The molecule has 0 atom stereocenters. The van der Waals surface area contributed by atoms with Crippen LogP contribution in [0.3, 0.4) is 0 Å². The quantitative estimate of drug-likeness (QED) is 0.646. The van der Waals surface area contributed by atoms with Gasteiger partial charge in [-0.25, -0.2) is 4.79 Å². The number of carbonyl (C=O) groups is 2. The lowest BCUT2D eigenvalue weighted by Gasteiger charge is -2.20. The number of hydrogen-bond acceptors (Lipinski definition) is 2. The number of unbranched alkanes of at least 4 members (excludes halogenated alkanes) is 2. The lowest BCUT2D eigenvalue weighted by atomic mass is 10.2. The second-order valence-electron chi connectivity index (χ2n) is 3.70. The Balaban J connectivity index is 4.24. The monoisotopic (exact) mass is 227 g/mol. The van der Waals surface area contributed by atoms with Crippen molar-refractivity contribution in [1.82, 2.24) is 4.90 Å². The smallest absolute Gasteiger partial charge is 0.328 e. The van der Waals surface area contributed by atoms with E-state index in [4.69, 9.17) is 5.11 Å². The van der Waals surface area contributed by atoms with Crippen molar-refractivity contribution >= 4 is 11.9 Å². The van der Waals surface area contributed by atoms with E-state index in [9.17, 15) is 9.59 Å². The maximum Gasteiger partial charge on any atom is 0.328 e. The normalized spacial score (nSPS) is 10.6. The Morgan fingerprint density at radius 2 is 1.56 bits per heavy atom. The molecule has 0 saturated heterocycles. The van der Waals surface area contributed by atoms with Crippen LogP contribution in [0.25, 0.3) is 0 Å². The number of carboxylic acids is 1. The summed E-state index contributed by atoms with van der Waals surface area (Å²) in [6.45, 7) is 5.55. The molecule has 1 N–H and O–H groups in total. The minimum Gasteiger partial charge on any atom is -0.478 e. The van der Waals surface area contributed by atoms with E-state index in [0.29, 0.717) is 13.1 Å². The summed E-state index contributed by atoms with van der Waals surface area (Å²) in [7, 11) is 0. The zero-order valence-corrected chi connectivity index (χ0v) is 10.1. The summed E-state index contributed by atoms with van der Waals surface area (Å²) in [4.78, 5) is 23.6. The highest BCUT2D eigenvalue weighted by Gasteiger charge is 2.09. The molecule has 0 aromatic heterocycles. The zero-order chi connectivity index (χ0) is 12.4. The first-order chi connectivity index (χ1) is 7.61. The van der Waals surface area contributed by atoms with Crippen molar-refractivity contribution in [2.75, 3.05) is 13.1 Å². The van der Waals surface area contributed by atoms with E-state index in [-0.39, 0.29) is 5.91 Å². The number of amides is 1. The van der Waals surface area contributed by atoms with Gasteiger partial charge in [0.05, 0.1) is 0 Å². The summed E-state index contributed by atoms with van der Waals surface area (Å²) < 4.78 is 0. The summed E-state index contributed by atoms with van der Waals surface area (Å²) in [5.74, 6) is -1.29. The van der Waals surface area contributed by atoms with Crippen LogP contribution in [0.4, 0.5) is 0 Å². The Kier molecular flexibility index (Phi) is 8.21. The third kappa shape index (κ3) is 7.04. The molecule has 0 aromatic rings. The lowest BCUT2D eigenvalue weighted by Crippen LogP contribution is -2.31. The molecule has 0 aliphatic heterocycles. The van der Waals surface area contributed by atoms with E-state index in [2.05, 4.69) is 13.8 Å². The fraction of sp³-hybridized carbons (Fsp3) is 0.667.